The molecular formula is C134H86N8O3. The minimum Gasteiger partial charge on any atom is -0.456 e. The first-order valence-electron chi connectivity index (χ1n) is 48.5. The van der Waals surface area contributed by atoms with Crippen LogP contribution in [0.1, 0.15) is 0 Å². The van der Waals surface area contributed by atoms with Crippen molar-refractivity contribution in [1.82, 2.24) is 39.9 Å². The molecule has 145 heavy (non-hydrogen) atoms. The molecule has 0 aliphatic rings. The first kappa shape index (κ1) is 86.9. The largest absolute Gasteiger partial charge is 0.456 e. The third-order valence-corrected chi connectivity index (χ3v) is 26.9. The molecule has 27 aromatic rings. The molecule has 0 amide bonds. The quantitative estimate of drug-likeness (QED) is 0.0860. The van der Waals surface area contributed by atoms with Crippen LogP contribution >= 0.6 is 0 Å². The van der Waals surface area contributed by atoms with E-state index in [1.807, 2.05) is 109 Å². The summed E-state index contributed by atoms with van der Waals surface area (Å²) in [6.45, 7) is 0. The van der Waals surface area contributed by atoms with Crippen molar-refractivity contribution in [2.75, 3.05) is 0 Å². The summed E-state index contributed by atoms with van der Waals surface area (Å²) < 4.78 is 18.4. The fourth-order valence-electron chi connectivity index (χ4n) is 19.3. The van der Waals surface area contributed by atoms with E-state index in [0.717, 1.165) is 206 Å². The van der Waals surface area contributed by atoms with Gasteiger partial charge in [0.25, 0.3) is 0 Å². The van der Waals surface area contributed by atoms with Gasteiger partial charge in [-0.3, -0.25) is 4.98 Å². The van der Waals surface area contributed by atoms with Crippen molar-refractivity contribution < 1.29 is 13.3 Å². The molecule has 7 aromatic heterocycles. The van der Waals surface area contributed by atoms with Crippen LogP contribution in [0.25, 0.3) is 268 Å². The molecule has 7 heterocycles. The highest BCUT2D eigenvalue weighted by Crippen LogP contribution is 2.43. The van der Waals surface area contributed by atoms with E-state index in [1.54, 1.807) is 6.20 Å². The van der Waals surface area contributed by atoms with Crippen molar-refractivity contribution in [2.24, 2.45) is 0 Å². The number of benzene rings is 20. The number of pyridine rings is 1. The maximum atomic E-state index is 6.24. The Balaban J connectivity index is 0.000000114. The lowest BCUT2D eigenvalue weighted by Gasteiger charge is -2.13. The lowest BCUT2D eigenvalue weighted by atomic mass is 9.95. The summed E-state index contributed by atoms with van der Waals surface area (Å²) in [5.41, 5.74) is 35.7. The summed E-state index contributed by atoms with van der Waals surface area (Å²) in [6.07, 6.45) is 1.80. The van der Waals surface area contributed by atoms with Gasteiger partial charge in [-0.1, -0.05) is 419 Å². The van der Waals surface area contributed by atoms with Gasteiger partial charge < -0.3 is 13.3 Å². The number of nitrogens with zero attached hydrogens (tertiary/aromatic N) is 8. The minimum absolute atomic E-state index is 0.627. The van der Waals surface area contributed by atoms with Gasteiger partial charge in [0.2, 0.25) is 0 Å². The maximum Gasteiger partial charge on any atom is 0.164 e. The molecule has 0 saturated heterocycles. The highest BCUT2D eigenvalue weighted by molar-refractivity contribution is 6.19. The van der Waals surface area contributed by atoms with Crippen molar-refractivity contribution in [2.45, 2.75) is 0 Å². The average molecular weight is 1860 g/mol. The second-order valence-corrected chi connectivity index (χ2v) is 36.0. The van der Waals surface area contributed by atoms with E-state index < -0.39 is 0 Å². The maximum absolute atomic E-state index is 6.24. The molecule has 0 spiro atoms. The Hall–Kier alpha value is -19.6. The van der Waals surface area contributed by atoms with Gasteiger partial charge >= 0.3 is 0 Å². The van der Waals surface area contributed by atoms with Crippen LogP contribution in [0, 0.1) is 0 Å². The zero-order chi connectivity index (χ0) is 96.3. The number of rotatable bonds is 17. The lowest BCUT2D eigenvalue weighted by Crippen LogP contribution is -2.00. The molecular weight excluding hydrogens is 1770 g/mol. The van der Waals surface area contributed by atoms with Gasteiger partial charge in [0.05, 0.1) is 28.5 Å². The van der Waals surface area contributed by atoms with Crippen LogP contribution in [0.5, 0.6) is 0 Å². The molecule has 0 aliphatic heterocycles. The summed E-state index contributed by atoms with van der Waals surface area (Å²) in [5.74, 6) is 3.25. The number of fused-ring (bicyclic) bond motifs is 11. The van der Waals surface area contributed by atoms with E-state index in [9.17, 15) is 0 Å². The summed E-state index contributed by atoms with van der Waals surface area (Å²) in [7, 11) is 0. The molecule has 680 valence electrons. The van der Waals surface area contributed by atoms with Gasteiger partial charge in [-0.25, -0.2) is 34.9 Å². The summed E-state index contributed by atoms with van der Waals surface area (Å²) in [4.78, 5) is 40.0. The zero-order valence-electron chi connectivity index (χ0n) is 78.5. The van der Waals surface area contributed by atoms with Crippen molar-refractivity contribution >= 4 is 76.6 Å². The molecule has 0 fully saturated rings. The third kappa shape index (κ3) is 18.0. The van der Waals surface area contributed by atoms with E-state index in [1.165, 1.54) is 33.0 Å². The van der Waals surface area contributed by atoms with Crippen molar-refractivity contribution in [1.29, 1.82) is 0 Å². The average Bonchev–Trinajstić information content (AvgIpc) is 1.61. The third-order valence-electron chi connectivity index (χ3n) is 26.9. The molecule has 27 rings (SSSR count). The predicted octanol–water partition coefficient (Wildman–Crippen LogP) is 35.4. The fourth-order valence-corrected chi connectivity index (χ4v) is 19.3. The smallest absolute Gasteiger partial charge is 0.164 e. The standard InChI is InChI=1S/2C45H29N3O.C44H28N2O/c1-3-11-30(12-4-1)35-25-36(31-13-5-2-6-14-31)27-37(26-35)45-47-41(29-42(48-45)40-16-9-10-24-46-40)33-20-18-32(19-21-33)34-22-23-44-39(28-34)38-15-7-8-17-43(38)49-44;1-3-9-30(10-4-1)32-15-21-35(22-16-32)43-46-44(36-23-17-33(18-24-36)31-11-5-2-6-12-31)48-45(47-43)37-25-19-34(20-26-37)38-27-28-42-40(29-38)39-13-7-8-14-41(39)49-42;1-3-9-29(10-4-1)30-15-19-33(20-16-30)39-28-40(46-44(45-39)35-12-5-2-6-13-35)34-21-17-31(18-22-34)36-24-25-41-38(27-36)43-37-14-8-7-11-32(37)23-26-42(43)47-41/h2*1-29H;1-28H. The van der Waals surface area contributed by atoms with Gasteiger partial charge in [0, 0.05) is 83.0 Å². The Morgan fingerprint density at radius 3 is 0.779 bits per heavy atom. The highest BCUT2D eigenvalue weighted by Gasteiger charge is 2.22. The second kappa shape index (κ2) is 38.6. The summed E-state index contributed by atoms with van der Waals surface area (Å²) in [5, 5.41) is 9.18. The van der Waals surface area contributed by atoms with Crippen LogP contribution in [0.3, 0.4) is 0 Å². The molecule has 0 unspecified atom stereocenters. The second-order valence-electron chi connectivity index (χ2n) is 36.0. The number of furan rings is 3. The SMILES string of the molecule is c1ccc(-c2cc(-c3ccccc3)cc(-c3nc(-c4ccc(-c5ccc6oc7ccccc7c6c5)cc4)cc(-c4ccccn4)n3)c2)cc1.c1ccc(-c2ccc(-c3cc(-c4ccc(-c5ccc6oc7ccc8ccccc8c7c6c5)cc4)nc(-c4ccccc4)n3)cc2)cc1.c1ccc(-c2ccc(-c3nc(-c4ccc(-c5ccccc5)cc4)nc(-c4ccc(-c5ccc6oc7ccccc7c6c5)cc4)n3)cc2)cc1. The molecule has 0 radical (unpaired) electrons. The first-order chi connectivity index (χ1) is 71.8. The van der Waals surface area contributed by atoms with E-state index in [-0.39, 0.29) is 0 Å². The van der Waals surface area contributed by atoms with Gasteiger partial charge in [-0.2, -0.15) is 0 Å². The number of hydrogen-bond acceptors (Lipinski definition) is 11. The van der Waals surface area contributed by atoms with Gasteiger partial charge in [0.1, 0.15) is 33.5 Å². The van der Waals surface area contributed by atoms with Crippen molar-refractivity contribution in [3.8, 4) is 191 Å². The first-order valence-corrected chi connectivity index (χ1v) is 48.5. The lowest BCUT2D eigenvalue weighted by molar-refractivity contribution is 0.668. The van der Waals surface area contributed by atoms with Crippen LogP contribution < -0.4 is 0 Å². The molecule has 0 atom stereocenters. The van der Waals surface area contributed by atoms with Gasteiger partial charge in [-0.15, -0.1) is 0 Å². The normalized spacial score (nSPS) is 11.3. The van der Waals surface area contributed by atoms with Gasteiger partial charge in [-0.05, 0) is 197 Å². The Bertz CT molecular complexity index is 9250. The van der Waals surface area contributed by atoms with Crippen molar-refractivity contribution in [3.05, 3.63) is 522 Å². The van der Waals surface area contributed by atoms with Gasteiger partial charge in [0.15, 0.2) is 29.1 Å². The Morgan fingerprint density at radius 2 is 0.379 bits per heavy atom. The van der Waals surface area contributed by atoms with Crippen LogP contribution in [0.4, 0.5) is 0 Å². The van der Waals surface area contributed by atoms with E-state index in [0.29, 0.717) is 29.1 Å². The topological polar surface area (TPSA) is 143 Å². The number of aromatic nitrogens is 8. The molecule has 11 heteroatoms. The Morgan fingerprint density at radius 1 is 0.124 bits per heavy atom. The number of hydrogen-bond donors (Lipinski definition) is 0. The van der Waals surface area contributed by atoms with E-state index >= 15 is 0 Å². The Labute approximate surface area is 836 Å². The minimum atomic E-state index is 0.627. The number of para-hydroxylation sites is 2. The monoisotopic (exact) mass is 1850 g/mol. The van der Waals surface area contributed by atoms with Crippen LogP contribution in [0.15, 0.2) is 535 Å². The molecule has 0 aliphatic carbocycles. The van der Waals surface area contributed by atoms with Crippen LogP contribution in [-0.4, -0.2) is 39.9 Å². The Kier molecular flexibility index (Phi) is 23.2. The molecule has 0 bridgehead atoms. The molecule has 11 nitrogen and oxygen atoms in total. The highest BCUT2D eigenvalue weighted by atomic mass is 16.3. The molecule has 0 saturated carbocycles. The van der Waals surface area contributed by atoms with E-state index in [2.05, 4.69) is 411 Å². The summed E-state index contributed by atoms with van der Waals surface area (Å²) >= 11 is 0. The predicted molar refractivity (Wildman–Crippen MR) is 593 cm³/mol. The molecule has 0 N–H and O–H groups in total. The zero-order valence-corrected chi connectivity index (χ0v) is 78.5. The van der Waals surface area contributed by atoms with Crippen molar-refractivity contribution in [3.63, 3.8) is 0 Å². The van der Waals surface area contributed by atoms with E-state index in [4.69, 9.17) is 48.1 Å². The fraction of sp³-hybridized carbons (Fsp3) is 0. The molecule has 20 aromatic carbocycles. The summed E-state index contributed by atoms with van der Waals surface area (Å²) in [6, 6.07) is 178. The van der Waals surface area contributed by atoms with Crippen LogP contribution in [0.2, 0.25) is 0 Å². The van der Waals surface area contributed by atoms with Crippen LogP contribution in [-0.2, 0) is 0 Å².